The highest BCUT2D eigenvalue weighted by atomic mass is 16.5. The zero-order valence-corrected chi connectivity index (χ0v) is 16.9. The third kappa shape index (κ3) is 5.09. The Labute approximate surface area is 168 Å². The summed E-state index contributed by atoms with van der Waals surface area (Å²) in [6.45, 7) is 4.86. The molecule has 2 aliphatic rings. The van der Waals surface area contributed by atoms with Crippen LogP contribution < -0.4 is 10.1 Å². The van der Waals surface area contributed by atoms with Gasteiger partial charge in [-0.15, -0.1) is 0 Å². The van der Waals surface area contributed by atoms with E-state index in [-0.39, 0.29) is 0 Å². The second-order valence-electron chi connectivity index (χ2n) is 8.21. The number of hydrogen-bond acceptors (Lipinski definition) is 5. The van der Waals surface area contributed by atoms with Crippen molar-refractivity contribution in [2.75, 3.05) is 33.3 Å². The quantitative estimate of drug-likeness (QED) is 0.835. The van der Waals surface area contributed by atoms with Gasteiger partial charge in [0.2, 0.25) is 0 Å². The minimum absolute atomic E-state index is 0.750. The van der Waals surface area contributed by atoms with Crippen LogP contribution in [0.25, 0.3) is 0 Å². The highest BCUT2D eigenvalue weighted by Gasteiger charge is 2.26. The van der Waals surface area contributed by atoms with Crippen molar-refractivity contribution in [2.24, 2.45) is 5.92 Å². The van der Waals surface area contributed by atoms with Gasteiger partial charge in [0.25, 0.3) is 0 Å². The average molecular weight is 381 g/mol. The minimum Gasteiger partial charge on any atom is -0.497 e. The summed E-state index contributed by atoms with van der Waals surface area (Å²) in [6.07, 6.45) is 7.08. The summed E-state index contributed by atoms with van der Waals surface area (Å²) < 4.78 is 5.21. The first-order chi connectivity index (χ1) is 13.8. The summed E-state index contributed by atoms with van der Waals surface area (Å²) in [7, 11) is 1.69. The van der Waals surface area contributed by atoms with E-state index in [9.17, 15) is 0 Å². The Kier molecular flexibility index (Phi) is 6.55. The van der Waals surface area contributed by atoms with Crippen LogP contribution in [0.3, 0.4) is 0 Å². The van der Waals surface area contributed by atoms with Crippen molar-refractivity contribution in [1.82, 2.24) is 20.4 Å². The Bertz CT molecular complexity index is 717. The van der Waals surface area contributed by atoms with Gasteiger partial charge in [0.05, 0.1) is 18.5 Å². The predicted molar refractivity (Wildman–Crippen MR) is 112 cm³/mol. The van der Waals surface area contributed by atoms with Crippen molar-refractivity contribution in [3.05, 3.63) is 53.3 Å². The molecule has 150 valence electrons. The third-order valence-electron chi connectivity index (χ3n) is 6.29. The maximum absolute atomic E-state index is 5.21. The number of nitrogens with zero attached hydrogens (tertiary/aromatic N) is 3. The van der Waals surface area contributed by atoms with Crippen LogP contribution in [0.15, 0.2) is 36.4 Å². The molecule has 1 aromatic heterocycles. The smallest absolute Gasteiger partial charge is 0.118 e. The largest absolute Gasteiger partial charge is 0.497 e. The fourth-order valence-electron chi connectivity index (χ4n) is 4.53. The maximum atomic E-state index is 5.21. The summed E-state index contributed by atoms with van der Waals surface area (Å²) in [4.78, 5) is 2.72. The molecule has 2 aromatic rings. The molecule has 1 aromatic carbocycles. The Balaban J connectivity index is 1.25. The van der Waals surface area contributed by atoms with Crippen LogP contribution in [0.2, 0.25) is 0 Å². The van der Waals surface area contributed by atoms with Crippen LogP contribution in [0.4, 0.5) is 0 Å². The fourth-order valence-corrected chi connectivity index (χ4v) is 4.53. The zero-order chi connectivity index (χ0) is 19.2. The van der Waals surface area contributed by atoms with Crippen LogP contribution in [0, 0.1) is 5.92 Å². The van der Waals surface area contributed by atoms with Crippen LogP contribution in [-0.4, -0.2) is 54.4 Å². The molecule has 1 N–H and O–H groups in total. The van der Waals surface area contributed by atoms with Gasteiger partial charge in [-0.05, 0) is 94.0 Å². The first-order valence-electron chi connectivity index (χ1n) is 10.7. The maximum Gasteiger partial charge on any atom is 0.118 e. The second-order valence-corrected chi connectivity index (χ2v) is 8.21. The number of rotatable bonds is 6. The van der Waals surface area contributed by atoms with Crippen molar-refractivity contribution in [2.45, 2.75) is 44.6 Å². The summed E-state index contributed by atoms with van der Waals surface area (Å²) in [5, 5.41) is 12.5. The predicted octanol–water partition coefficient (Wildman–Crippen LogP) is 3.08. The van der Waals surface area contributed by atoms with E-state index < -0.39 is 0 Å². The van der Waals surface area contributed by atoms with Crippen LogP contribution >= 0.6 is 0 Å². The lowest BCUT2D eigenvalue weighted by Crippen LogP contribution is -2.46. The summed E-state index contributed by atoms with van der Waals surface area (Å²) in [6, 6.07) is 13.3. The Morgan fingerprint density at radius 1 is 0.929 bits per heavy atom. The van der Waals surface area contributed by atoms with Gasteiger partial charge in [0, 0.05) is 12.5 Å². The first-order valence-corrected chi connectivity index (χ1v) is 10.7. The molecule has 0 unspecified atom stereocenters. The lowest BCUT2D eigenvalue weighted by Gasteiger charge is -2.39. The van der Waals surface area contributed by atoms with E-state index >= 15 is 0 Å². The molecule has 0 bridgehead atoms. The molecule has 5 nitrogen and oxygen atoms in total. The zero-order valence-electron chi connectivity index (χ0n) is 16.9. The lowest BCUT2D eigenvalue weighted by molar-refractivity contribution is 0.111. The van der Waals surface area contributed by atoms with Crippen molar-refractivity contribution in [3.8, 4) is 5.75 Å². The molecule has 2 fully saturated rings. The summed E-state index contributed by atoms with van der Waals surface area (Å²) >= 11 is 0. The van der Waals surface area contributed by atoms with E-state index in [0.29, 0.717) is 0 Å². The topological polar surface area (TPSA) is 50.3 Å². The van der Waals surface area contributed by atoms with E-state index in [2.05, 4.69) is 44.7 Å². The molecule has 0 amide bonds. The molecule has 0 saturated carbocycles. The molecule has 0 spiro atoms. The van der Waals surface area contributed by atoms with Crippen LogP contribution in [-0.2, 0) is 12.8 Å². The van der Waals surface area contributed by atoms with Crippen molar-refractivity contribution in [1.29, 1.82) is 0 Å². The highest BCUT2D eigenvalue weighted by molar-refractivity contribution is 5.29. The van der Waals surface area contributed by atoms with Gasteiger partial charge in [0.1, 0.15) is 5.75 Å². The van der Waals surface area contributed by atoms with Gasteiger partial charge in [-0.2, -0.15) is 10.2 Å². The number of aromatic nitrogens is 2. The molecule has 2 saturated heterocycles. The molecule has 28 heavy (non-hydrogen) atoms. The van der Waals surface area contributed by atoms with Crippen LogP contribution in [0.5, 0.6) is 5.75 Å². The first kappa shape index (κ1) is 19.3. The number of ether oxygens (including phenoxy) is 1. The Hall–Kier alpha value is -1.98. The van der Waals surface area contributed by atoms with E-state index in [0.717, 1.165) is 41.9 Å². The van der Waals surface area contributed by atoms with E-state index in [1.54, 1.807) is 7.11 Å². The molecule has 0 atom stereocenters. The Morgan fingerprint density at radius 2 is 1.61 bits per heavy atom. The van der Waals surface area contributed by atoms with Gasteiger partial charge in [-0.3, -0.25) is 0 Å². The summed E-state index contributed by atoms with van der Waals surface area (Å²) in [5.74, 6) is 1.64. The van der Waals surface area contributed by atoms with Crippen molar-refractivity contribution in [3.63, 3.8) is 0 Å². The SMILES string of the molecule is COc1ccc(Cc2ccc(CC3CCN(C4CCNCC4)CC3)nn2)cc1. The van der Waals surface area contributed by atoms with E-state index in [1.807, 2.05) is 12.1 Å². The average Bonchev–Trinajstić information content (AvgIpc) is 2.77. The van der Waals surface area contributed by atoms with Crippen molar-refractivity contribution >= 4 is 0 Å². The van der Waals surface area contributed by atoms with Gasteiger partial charge < -0.3 is 15.0 Å². The molecule has 4 rings (SSSR count). The number of methoxy groups -OCH3 is 1. The van der Waals surface area contributed by atoms with Crippen LogP contribution in [0.1, 0.15) is 42.6 Å². The fraction of sp³-hybridized carbons (Fsp3) is 0.565. The number of benzene rings is 1. The number of piperidine rings is 2. The van der Waals surface area contributed by atoms with E-state index in [1.165, 1.54) is 57.4 Å². The molecule has 0 aliphatic carbocycles. The van der Waals surface area contributed by atoms with Gasteiger partial charge in [0.15, 0.2) is 0 Å². The monoisotopic (exact) mass is 380 g/mol. The molecule has 2 aliphatic heterocycles. The molecular formula is C23H32N4O. The second kappa shape index (κ2) is 9.48. The Morgan fingerprint density at radius 3 is 2.25 bits per heavy atom. The number of nitrogens with one attached hydrogen (secondary N) is 1. The third-order valence-corrected chi connectivity index (χ3v) is 6.29. The van der Waals surface area contributed by atoms with Gasteiger partial charge in [-0.25, -0.2) is 0 Å². The lowest BCUT2D eigenvalue weighted by atomic mass is 9.90. The molecule has 5 heteroatoms. The highest BCUT2D eigenvalue weighted by Crippen LogP contribution is 2.24. The van der Waals surface area contributed by atoms with Crippen molar-refractivity contribution < 1.29 is 4.74 Å². The molecule has 0 radical (unpaired) electrons. The number of likely N-dealkylation sites (tertiary alicyclic amines) is 1. The normalized spacial score (nSPS) is 19.6. The van der Waals surface area contributed by atoms with Gasteiger partial charge >= 0.3 is 0 Å². The molecular weight excluding hydrogens is 348 g/mol. The molecule has 3 heterocycles. The van der Waals surface area contributed by atoms with Gasteiger partial charge in [-0.1, -0.05) is 12.1 Å². The van der Waals surface area contributed by atoms with E-state index in [4.69, 9.17) is 4.74 Å². The summed E-state index contributed by atoms with van der Waals surface area (Å²) in [5.41, 5.74) is 3.39. The minimum atomic E-state index is 0.750. The standard InChI is InChI=1S/C23H32N4O/c1-28-23-6-2-18(3-7-23)16-20-4-5-21(26-25-20)17-19-10-14-27(15-11-19)22-8-12-24-13-9-22/h2-7,19,22,24H,8-17H2,1H3. The number of hydrogen-bond donors (Lipinski definition) is 1.